The number of nitrogens with one attached hydrogen (secondary N) is 1. The monoisotopic (exact) mass is 536 g/mol. The van der Waals surface area contributed by atoms with Gasteiger partial charge in [0.05, 0.1) is 28.1 Å². The van der Waals surface area contributed by atoms with Gasteiger partial charge in [0.2, 0.25) is 15.9 Å². The third-order valence-corrected chi connectivity index (χ3v) is 8.67. The second kappa shape index (κ2) is 10.9. The standard InChI is InChI=1S/C27H28N4O4S2/c1-18-9-12-20(13-10-18)16-31-26(33)22-7-5-6-8-23(22)29-27(31)36-17-25(32)28-24-15-21(14-11-19(24)2)37(34,35)30(3)4/h5-15H,16-17H2,1-4H3,(H,28,32). The van der Waals surface area contributed by atoms with Crippen molar-refractivity contribution in [2.75, 3.05) is 25.2 Å². The maximum absolute atomic E-state index is 13.3. The van der Waals surface area contributed by atoms with E-state index in [1.807, 2.05) is 37.3 Å². The van der Waals surface area contributed by atoms with Crippen molar-refractivity contribution >= 4 is 44.3 Å². The van der Waals surface area contributed by atoms with E-state index in [9.17, 15) is 18.0 Å². The summed E-state index contributed by atoms with van der Waals surface area (Å²) in [6, 6.07) is 19.7. The first-order valence-electron chi connectivity index (χ1n) is 11.6. The van der Waals surface area contributed by atoms with Gasteiger partial charge in [-0.3, -0.25) is 14.2 Å². The van der Waals surface area contributed by atoms with Gasteiger partial charge in [-0.05, 0) is 49.2 Å². The zero-order chi connectivity index (χ0) is 26.7. The predicted molar refractivity (Wildman–Crippen MR) is 148 cm³/mol. The molecule has 0 aliphatic rings. The minimum atomic E-state index is -3.64. The van der Waals surface area contributed by atoms with E-state index in [0.717, 1.165) is 32.8 Å². The number of carbonyl (C=O) groups excluding carboxylic acids is 1. The SMILES string of the molecule is Cc1ccc(Cn2c(SCC(=O)Nc3cc(S(=O)(=O)N(C)C)ccc3C)nc3ccccc3c2=O)cc1. The quantitative estimate of drug-likeness (QED) is 0.269. The number of para-hydroxylation sites is 1. The highest BCUT2D eigenvalue weighted by Gasteiger charge is 2.19. The Morgan fingerprint density at radius 1 is 1.03 bits per heavy atom. The van der Waals surface area contributed by atoms with Crippen LogP contribution in [0.25, 0.3) is 10.9 Å². The van der Waals surface area contributed by atoms with Gasteiger partial charge >= 0.3 is 0 Å². The molecule has 0 bridgehead atoms. The topological polar surface area (TPSA) is 101 Å². The van der Waals surface area contributed by atoms with Crippen LogP contribution in [0.3, 0.4) is 0 Å². The number of thioether (sulfide) groups is 1. The number of amides is 1. The Morgan fingerprint density at radius 3 is 2.43 bits per heavy atom. The van der Waals surface area contributed by atoms with E-state index in [1.165, 1.54) is 26.2 Å². The number of carbonyl (C=O) groups is 1. The van der Waals surface area contributed by atoms with Crippen LogP contribution in [-0.4, -0.2) is 48.0 Å². The number of nitrogens with zero attached hydrogens (tertiary/aromatic N) is 3. The van der Waals surface area contributed by atoms with Crippen molar-refractivity contribution in [2.45, 2.75) is 30.4 Å². The number of rotatable bonds is 8. The molecule has 4 rings (SSSR count). The Morgan fingerprint density at radius 2 is 1.73 bits per heavy atom. The van der Waals surface area contributed by atoms with Crippen molar-refractivity contribution in [3.05, 3.63) is 93.8 Å². The molecule has 0 aliphatic carbocycles. The average Bonchev–Trinajstić information content (AvgIpc) is 2.87. The number of aryl methyl sites for hydroxylation is 2. The number of benzene rings is 3. The molecule has 0 saturated carbocycles. The third kappa shape index (κ3) is 5.93. The zero-order valence-corrected chi connectivity index (χ0v) is 22.7. The minimum absolute atomic E-state index is 0.0111. The lowest BCUT2D eigenvalue weighted by molar-refractivity contribution is -0.113. The molecule has 0 unspecified atom stereocenters. The highest BCUT2D eigenvalue weighted by Crippen LogP contribution is 2.24. The van der Waals surface area contributed by atoms with Crippen LogP contribution in [0.1, 0.15) is 16.7 Å². The molecule has 0 atom stereocenters. The summed E-state index contributed by atoms with van der Waals surface area (Å²) in [6.07, 6.45) is 0. The van der Waals surface area contributed by atoms with Gasteiger partial charge in [0.1, 0.15) is 0 Å². The molecule has 1 N–H and O–H groups in total. The summed E-state index contributed by atoms with van der Waals surface area (Å²) in [7, 11) is -0.732. The summed E-state index contributed by atoms with van der Waals surface area (Å²) < 4.78 is 27.7. The van der Waals surface area contributed by atoms with Crippen LogP contribution in [0.2, 0.25) is 0 Å². The molecule has 0 fully saturated rings. The largest absolute Gasteiger partial charge is 0.325 e. The lowest BCUT2D eigenvalue weighted by Gasteiger charge is -2.15. The minimum Gasteiger partial charge on any atom is -0.325 e. The molecular formula is C27H28N4O4S2. The van der Waals surface area contributed by atoms with Crippen LogP contribution < -0.4 is 10.9 Å². The van der Waals surface area contributed by atoms with Crippen LogP contribution >= 0.6 is 11.8 Å². The van der Waals surface area contributed by atoms with Gasteiger partial charge in [0.15, 0.2) is 5.16 Å². The number of hydrogen-bond donors (Lipinski definition) is 1. The highest BCUT2D eigenvalue weighted by molar-refractivity contribution is 7.99. The van der Waals surface area contributed by atoms with Crippen LogP contribution in [0.4, 0.5) is 5.69 Å². The van der Waals surface area contributed by atoms with Crippen molar-refractivity contribution in [1.82, 2.24) is 13.9 Å². The molecule has 3 aromatic carbocycles. The van der Waals surface area contributed by atoms with E-state index in [2.05, 4.69) is 10.3 Å². The van der Waals surface area contributed by atoms with Crippen molar-refractivity contribution < 1.29 is 13.2 Å². The molecular weight excluding hydrogens is 508 g/mol. The second-order valence-corrected chi connectivity index (χ2v) is 12.0. The van der Waals surface area contributed by atoms with Crippen LogP contribution in [0.15, 0.2) is 81.6 Å². The molecule has 0 radical (unpaired) electrons. The van der Waals surface area contributed by atoms with Gasteiger partial charge in [-0.1, -0.05) is 59.8 Å². The lowest BCUT2D eigenvalue weighted by Crippen LogP contribution is -2.25. The molecule has 8 nitrogen and oxygen atoms in total. The Hall–Kier alpha value is -3.47. The van der Waals surface area contributed by atoms with E-state index in [0.29, 0.717) is 28.3 Å². The van der Waals surface area contributed by atoms with Gasteiger partial charge in [0.25, 0.3) is 5.56 Å². The molecule has 1 heterocycles. The molecule has 0 saturated heterocycles. The fourth-order valence-corrected chi connectivity index (χ4v) is 5.42. The second-order valence-electron chi connectivity index (χ2n) is 8.89. The summed E-state index contributed by atoms with van der Waals surface area (Å²) in [6.45, 7) is 4.12. The average molecular weight is 537 g/mol. The predicted octanol–water partition coefficient (Wildman–Crippen LogP) is 4.04. The van der Waals surface area contributed by atoms with Gasteiger partial charge in [-0.15, -0.1) is 0 Å². The van der Waals surface area contributed by atoms with Gasteiger partial charge in [-0.25, -0.2) is 17.7 Å². The third-order valence-electron chi connectivity index (χ3n) is 5.88. The fraction of sp³-hybridized carbons (Fsp3) is 0.222. The van der Waals surface area contributed by atoms with E-state index < -0.39 is 10.0 Å². The van der Waals surface area contributed by atoms with Crippen LogP contribution in [-0.2, 0) is 21.4 Å². The Balaban J connectivity index is 1.59. The summed E-state index contributed by atoms with van der Waals surface area (Å²) >= 11 is 1.16. The van der Waals surface area contributed by atoms with Crippen LogP contribution in [0.5, 0.6) is 0 Å². The van der Waals surface area contributed by atoms with E-state index >= 15 is 0 Å². The molecule has 10 heteroatoms. The van der Waals surface area contributed by atoms with Gasteiger partial charge in [0, 0.05) is 19.8 Å². The van der Waals surface area contributed by atoms with Gasteiger partial charge in [-0.2, -0.15) is 0 Å². The molecule has 4 aromatic rings. The normalized spacial score (nSPS) is 11.7. The maximum atomic E-state index is 13.3. The van der Waals surface area contributed by atoms with Crippen molar-refractivity contribution in [3.8, 4) is 0 Å². The first-order valence-corrected chi connectivity index (χ1v) is 14.0. The number of aromatic nitrogens is 2. The maximum Gasteiger partial charge on any atom is 0.262 e. The summed E-state index contributed by atoms with van der Waals surface area (Å²) in [5.74, 6) is -0.347. The number of fused-ring (bicyclic) bond motifs is 1. The lowest BCUT2D eigenvalue weighted by atomic mass is 10.1. The van der Waals surface area contributed by atoms with E-state index in [4.69, 9.17) is 0 Å². The fourth-order valence-electron chi connectivity index (χ4n) is 3.70. The highest BCUT2D eigenvalue weighted by atomic mass is 32.2. The smallest absolute Gasteiger partial charge is 0.262 e. The first-order chi connectivity index (χ1) is 17.6. The molecule has 37 heavy (non-hydrogen) atoms. The number of hydrogen-bond acceptors (Lipinski definition) is 6. The number of sulfonamides is 1. The van der Waals surface area contributed by atoms with Gasteiger partial charge < -0.3 is 5.32 Å². The Labute approximate surface area is 220 Å². The first kappa shape index (κ1) is 26.6. The summed E-state index contributed by atoms with van der Waals surface area (Å²) in [5.41, 5.74) is 3.61. The van der Waals surface area contributed by atoms with Crippen molar-refractivity contribution in [2.24, 2.45) is 0 Å². The van der Waals surface area contributed by atoms with Crippen molar-refractivity contribution in [1.29, 1.82) is 0 Å². The Bertz CT molecular complexity index is 1630. The van der Waals surface area contributed by atoms with E-state index in [-0.39, 0.29) is 22.1 Å². The van der Waals surface area contributed by atoms with E-state index in [1.54, 1.807) is 35.8 Å². The molecule has 192 valence electrons. The summed E-state index contributed by atoms with van der Waals surface area (Å²) in [5, 5.41) is 3.74. The van der Waals surface area contributed by atoms with Crippen LogP contribution in [0, 0.1) is 13.8 Å². The molecule has 1 aromatic heterocycles. The summed E-state index contributed by atoms with van der Waals surface area (Å²) in [4.78, 5) is 31.0. The van der Waals surface area contributed by atoms with Crippen molar-refractivity contribution in [3.63, 3.8) is 0 Å². The molecule has 0 spiro atoms. The zero-order valence-electron chi connectivity index (χ0n) is 21.1. The molecule has 0 aliphatic heterocycles. The number of anilines is 1. The molecule has 1 amide bonds. The Kier molecular flexibility index (Phi) is 7.82.